The van der Waals surface area contributed by atoms with E-state index >= 15 is 0 Å². The number of Topliss-reactive ketones (excluding diaryl/α,β-unsaturated/α-hetero) is 1. The Labute approximate surface area is 128 Å². The molecule has 0 fully saturated rings. The van der Waals surface area contributed by atoms with Crippen molar-refractivity contribution >= 4 is 28.9 Å². The number of nitrogens with zero attached hydrogens (tertiary/aromatic N) is 2. The molecule has 21 heavy (non-hydrogen) atoms. The molecule has 0 saturated heterocycles. The first kappa shape index (κ1) is 17.0. The van der Waals surface area contributed by atoms with Gasteiger partial charge in [-0.2, -0.15) is 0 Å². The van der Waals surface area contributed by atoms with Crippen molar-refractivity contribution in [3.8, 4) is 0 Å². The third-order valence-electron chi connectivity index (χ3n) is 2.83. The average molecular weight is 310 g/mol. The zero-order valence-electron chi connectivity index (χ0n) is 12.1. The standard InChI is InChI=1S/C14H18N2O4S/c1-15(2)14(21)20-10-9-12(17)8-7-11-5-3-4-6-13(11)16(18)19/h3-6H,7-10H2,1-2H3. The summed E-state index contributed by atoms with van der Waals surface area (Å²) in [6.45, 7) is 0.229. The second-order valence-corrected chi connectivity index (χ2v) is 5.03. The molecule has 0 saturated carbocycles. The fraction of sp³-hybridized carbons (Fsp3) is 0.429. The number of para-hydroxylation sites is 1. The van der Waals surface area contributed by atoms with Crippen LogP contribution in [0.2, 0.25) is 0 Å². The van der Waals surface area contributed by atoms with Crippen molar-refractivity contribution in [3.05, 3.63) is 39.9 Å². The lowest BCUT2D eigenvalue weighted by Crippen LogP contribution is -2.23. The first-order chi connectivity index (χ1) is 9.91. The first-order valence-electron chi connectivity index (χ1n) is 6.50. The molecule has 0 aliphatic carbocycles. The van der Waals surface area contributed by atoms with Gasteiger partial charge in [0.25, 0.3) is 10.9 Å². The molecule has 6 nitrogen and oxygen atoms in total. The third kappa shape index (κ3) is 5.86. The van der Waals surface area contributed by atoms with Crippen LogP contribution in [0.1, 0.15) is 18.4 Å². The van der Waals surface area contributed by atoms with Crippen LogP contribution in [-0.4, -0.2) is 41.5 Å². The van der Waals surface area contributed by atoms with Crippen molar-refractivity contribution in [2.45, 2.75) is 19.3 Å². The summed E-state index contributed by atoms with van der Waals surface area (Å²) >= 11 is 4.93. The minimum Gasteiger partial charge on any atom is -0.470 e. The predicted molar refractivity (Wildman–Crippen MR) is 83.3 cm³/mol. The molecule has 114 valence electrons. The predicted octanol–water partition coefficient (Wildman–Crippen LogP) is 2.35. The molecule has 0 atom stereocenters. The Hall–Kier alpha value is -2.02. The largest absolute Gasteiger partial charge is 0.470 e. The number of hydrogen-bond acceptors (Lipinski definition) is 5. The molecule has 1 rings (SSSR count). The SMILES string of the molecule is CN(C)C(=S)OCCC(=O)CCc1ccccc1[N+](=O)[O-]. The number of hydrogen-bond donors (Lipinski definition) is 0. The van der Waals surface area contributed by atoms with Crippen molar-refractivity contribution in [1.82, 2.24) is 4.90 Å². The van der Waals surface area contributed by atoms with Gasteiger partial charge in [-0.15, -0.1) is 0 Å². The molecule has 7 heteroatoms. The van der Waals surface area contributed by atoms with Gasteiger partial charge < -0.3 is 9.64 Å². The number of thiocarbonyl (C=S) groups is 1. The molecule has 0 spiro atoms. The molecular weight excluding hydrogens is 292 g/mol. The summed E-state index contributed by atoms with van der Waals surface area (Å²) in [6.07, 6.45) is 0.853. The van der Waals surface area contributed by atoms with Gasteiger partial charge in [0.15, 0.2) is 0 Å². The highest BCUT2D eigenvalue weighted by molar-refractivity contribution is 7.80. The van der Waals surface area contributed by atoms with Gasteiger partial charge in [0.1, 0.15) is 5.78 Å². The number of rotatable bonds is 7. The Balaban J connectivity index is 2.40. The number of benzene rings is 1. The smallest absolute Gasteiger partial charge is 0.272 e. The molecular formula is C14H18N2O4S. The molecule has 0 aromatic heterocycles. The van der Waals surface area contributed by atoms with Crippen LogP contribution in [0.3, 0.4) is 0 Å². The molecule has 1 aromatic carbocycles. The maximum atomic E-state index is 11.7. The lowest BCUT2D eigenvalue weighted by atomic mass is 10.0. The van der Waals surface area contributed by atoms with Crippen LogP contribution in [0.25, 0.3) is 0 Å². The van der Waals surface area contributed by atoms with Crippen LogP contribution in [0.4, 0.5) is 5.69 Å². The minimum absolute atomic E-state index is 0.00490. The Morgan fingerprint density at radius 3 is 2.62 bits per heavy atom. The zero-order chi connectivity index (χ0) is 15.8. The van der Waals surface area contributed by atoms with Crippen molar-refractivity contribution in [1.29, 1.82) is 0 Å². The van der Waals surface area contributed by atoms with E-state index < -0.39 is 4.92 Å². The summed E-state index contributed by atoms with van der Waals surface area (Å²) in [7, 11) is 3.53. The van der Waals surface area contributed by atoms with Gasteiger partial charge in [0, 0.05) is 38.6 Å². The van der Waals surface area contributed by atoms with Gasteiger partial charge in [-0.3, -0.25) is 14.9 Å². The summed E-state index contributed by atoms with van der Waals surface area (Å²) in [4.78, 5) is 23.8. The first-order valence-corrected chi connectivity index (χ1v) is 6.90. The average Bonchev–Trinajstić information content (AvgIpc) is 2.45. The van der Waals surface area contributed by atoms with Crippen molar-refractivity contribution in [3.63, 3.8) is 0 Å². The summed E-state index contributed by atoms with van der Waals surface area (Å²) in [5.41, 5.74) is 0.621. The highest BCUT2D eigenvalue weighted by Crippen LogP contribution is 2.19. The van der Waals surface area contributed by atoms with Crippen LogP contribution >= 0.6 is 12.2 Å². The fourth-order valence-electron chi connectivity index (χ4n) is 1.68. The normalized spacial score (nSPS) is 10.0. The van der Waals surface area contributed by atoms with E-state index in [1.165, 1.54) is 6.07 Å². The number of aryl methyl sites for hydroxylation is 1. The van der Waals surface area contributed by atoms with Gasteiger partial charge >= 0.3 is 0 Å². The van der Waals surface area contributed by atoms with E-state index in [0.29, 0.717) is 17.2 Å². The maximum Gasteiger partial charge on any atom is 0.272 e. The lowest BCUT2D eigenvalue weighted by Gasteiger charge is -2.13. The van der Waals surface area contributed by atoms with E-state index in [2.05, 4.69) is 0 Å². The number of carbonyl (C=O) groups is 1. The van der Waals surface area contributed by atoms with Crippen LogP contribution in [0.15, 0.2) is 24.3 Å². The Morgan fingerprint density at radius 2 is 2.00 bits per heavy atom. The highest BCUT2D eigenvalue weighted by atomic mass is 32.1. The van der Waals surface area contributed by atoms with Gasteiger partial charge in [0.05, 0.1) is 11.5 Å². The number of nitro groups is 1. The third-order valence-corrected chi connectivity index (χ3v) is 3.32. The highest BCUT2D eigenvalue weighted by Gasteiger charge is 2.13. The molecule has 0 bridgehead atoms. The fourth-order valence-corrected chi connectivity index (χ4v) is 1.76. The lowest BCUT2D eigenvalue weighted by molar-refractivity contribution is -0.385. The molecule has 0 amide bonds. The van der Waals surface area contributed by atoms with Crippen LogP contribution in [0, 0.1) is 10.1 Å². The van der Waals surface area contributed by atoms with Crippen LogP contribution < -0.4 is 0 Å². The summed E-state index contributed by atoms with van der Waals surface area (Å²) in [5, 5.41) is 11.2. The van der Waals surface area contributed by atoms with Gasteiger partial charge in [0.2, 0.25) is 0 Å². The number of carbonyl (C=O) groups excluding carboxylic acids is 1. The van der Waals surface area contributed by atoms with E-state index in [1.807, 2.05) is 0 Å². The van der Waals surface area contributed by atoms with Crippen molar-refractivity contribution in [2.24, 2.45) is 0 Å². The number of ether oxygens (including phenoxy) is 1. The van der Waals surface area contributed by atoms with E-state index in [1.54, 1.807) is 37.2 Å². The van der Waals surface area contributed by atoms with E-state index in [-0.39, 0.29) is 30.9 Å². The summed E-state index contributed by atoms with van der Waals surface area (Å²) in [5.74, 6) is -0.00490. The Bertz CT molecular complexity index is 531. The van der Waals surface area contributed by atoms with E-state index in [4.69, 9.17) is 17.0 Å². The maximum absolute atomic E-state index is 11.7. The monoisotopic (exact) mass is 310 g/mol. The van der Waals surface area contributed by atoms with E-state index in [9.17, 15) is 14.9 Å². The summed E-state index contributed by atoms with van der Waals surface area (Å²) in [6, 6.07) is 6.45. The van der Waals surface area contributed by atoms with Crippen LogP contribution in [-0.2, 0) is 16.0 Å². The quantitative estimate of drug-likeness (QED) is 0.437. The summed E-state index contributed by atoms with van der Waals surface area (Å²) < 4.78 is 5.22. The molecule has 1 aromatic rings. The van der Waals surface area contributed by atoms with Gasteiger partial charge in [-0.05, 0) is 18.6 Å². The molecule has 0 unspecified atom stereocenters. The molecule has 0 radical (unpaired) electrons. The Morgan fingerprint density at radius 1 is 1.33 bits per heavy atom. The van der Waals surface area contributed by atoms with E-state index in [0.717, 1.165) is 0 Å². The molecule has 0 aliphatic rings. The van der Waals surface area contributed by atoms with Crippen molar-refractivity contribution < 1.29 is 14.5 Å². The second kappa shape index (κ2) is 8.31. The Kier molecular flexibility index (Phi) is 6.74. The minimum atomic E-state index is -0.432. The van der Waals surface area contributed by atoms with Crippen LogP contribution in [0.5, 0.6) is 0 Å². The number of ketones is 1. The molecule has 0 aliphatic heterocycles. The topological polar surface area (TPSA) is 72.7 Å². The molecule has 0 heterocycles. The van der Waals surface area contributed by atoms with Gasteiger partial charge in [-0.1, -0.05) is 18.2 Å². The second-order valence-electron chi connectivity index (χ2n) is 4.68. The van der Waals surface area contributed by atoms with Crippen molar-refractivity contribution in [2.75, 3.05) is 20.7 Å². The zero-order valence-corrected chi connectivity index (χ0v) is 12.9. The molecule has 0 N–H and O–H groups in total. The van der Waals surface area contributed by atoms with Gasteiger partial charge in [-0.25, -0.2) is 0 Å². The number of nitro benzene ring substituents is 1.